The van der Waals surface area contributed by atoms with Crippen LogP contribution in [0.15, 0.2) is 33.8 Å². The van der Waals surface area contributed by atoms with Gasteiger partial charge in [-0.3, -0.25) is 4.99 Å². The van der Waals surface area contributed by atoms with E-state index in [9.17, 15) is 0 Å². The van der Waals surface area contributed by atoms with Gasteiger partial charge in [-0.1, -0.05) is 28.9 Å². The maximum atomic E-state index is 6.29. The summed E-state index contributed by atoms with van der Waals surface area (Å²) in [5, 5.41) is 7.96. The molecule has 1 aromatic heterocycles. The molecule has 0 unspecified atom stereocenters. The van der Waals surface area contributed by atoms with Gasteiger partial charge in [-0.05, 0) is 12.1 Å². The molecule has 0 atom stereocenters. The van der Waals surface area contributed by atoms with Gasteiger partial charge in [0.1, 0.15) is 0 Å². The number of guanidine groups is 1. The minimum Gasteiger partial charge on any atom is -0.367 e. The predicted octanol–water partition coefficient (Wildman–Crippen LogP) is 2.55. The standard InChI is InChI=1S/C16H21ClN6O.HI/c1-12-20-15(21-24-12)11-19-16(18-2)23-9-7-22(8-10-23)14-6-4-3-5-13(14)17;/h3-6H,7-11H2,1-2H3,(H,18,19);1H. The summed E-state index contributed by atoms with van der Waals surface area (Å²) in [6.45, 7) is 5.80. The number of halogens is 2. The second kappa shape index (κ2) is 9.23. The van der Waals surface area contributed by atoms with E-state index in [2.05, 4.69) is 36.3 Å². The van der Waals surface area contributed by atoms with Crippen molar-refractivity contribution in [2.45, 2.75) is 13.5 Å². The average molecular weight is 477 g/mol. The zero-order chi connectivity index (χ0) is 16.9. The molecule has 1 fully saturated rings. The number of hydrogen-bond acceptors (Lipinski definition) is 5. The summed E-state index contributed by atoms with van der Waals surface area (Å²) in [5.41, 5.74) is 1.09. The van der Waals surface area contributed by atoms with E-state index in [-0.39, 0.29) is 24.0 Å². The Hall–Kier alpha value is -1.55. The average Bonchev–Trinajstić information content (AvgIpc) is 3.02. The van der Waals surface area contributed by atoms with Crippen molar-refractivity contribution in [3.8, 4) is 0 Å². The predicted molar refractivity (Wildman–Crippen MR) is 110 cm³/mol. The molecule has 0 aliphatic carbocycles. The van der Waals surface area contributed by atoms with Crippen molar-refractivity contribution < 1.29 is 4.52 Å². The summed E-state index contributed by atoms with van der Waals surface area (Å²) in [6, 6.07) is 7.95. The number of piperazine rings is 1. The third-order valence-electron chi connectivity index (χ3n) is 3.96. The number of aromatic nitrogens is 2. The zero-order valence-electron chi connectivity index (χ0n) is 14.3. The third-order valence-corrected chi connectivity index (χ3v) is 4.28. The fourth-order valence-electron chi connectivity index (χ4n) is 2.77. The van der Waals surface area contributed by atoms with E-state index < -0.39 is 0 Å². The lowest BCUT2D eigenvalue weighted by Gasteiger charge is -2.37. The first-order valence-electron chi connectivity index (χ1n) is 7.91. The van der Waals surface area contributed by atoms with Gasteiger partial charge in [0, 0.05) is 40.2 Å². The summed E-state index contributed by atoms with van der Waals surface area (Å²) in [4.78, 5) is 13.1. The lowest BCUT2D eigenvalue weighted by atomic mass is 10.2. The highest BCUT2D eigenvalue weighted by Crippen LogP contribution is 2.25. The van der Waals surface area contributed by atoms with Crippen LogP contribution in [0.25, 0.3) is 0 Å². The number of aliphatic imine (C=N–C) groups is 1. The summed E-state index contributed by atoms with van der Waals surface area (Å²) in [7, 11) is 1.78. The van der Waals surface area contributed by atoms with Gasteiger partial charge >= 0.3 is 0 Å². The first-order valence-corrected chi connectivity index (χ1v) is 8.29. The van der Waals surface area contributed by atoms with Gasteiger partial charge in [-0.2, -0.15) is 4.98 Å². The number of anilines is 1. The van der Waals surface area contributed by atoms with Crippen LogP contribution in [0.5, 0.6) is 0 Å². The number of benzene rings is 1. The van der Waals surface area contributed by atoms with E-state index in [1.807, 2.05) is 18.2 Å². The molecule has 0 amide bonds. The molecule has 7 nitrogen and oxygen atoms in total. The van der Waals surface area contributed by atoms with Crippen LogP contribution in [0.1, 0.15) is 11.7 Å². The van der Waals surface area contributed by atoms with E-state index in [0.717, 1.165) is 42.8 Å². The van der Waals surface area contributed by atoms with E-state index in [1.165, 1.54) is 0 Å². The Kier molecular flexibility index (Phi) is 7.30. The molecule has 136 valence electrons. The van der Waals surface area contributed by atoms with Crippen LogP contribution >= 0.6 is 35.6 Å². The molecule has 1 aromatic carbocycles. The first kappa shape index (κ1) is 19.8. The van der Waals surface area contributed by atoms with Crippen LogP contribution in [0.2, 0.25) is 5.02 Å². The smallest absolute Gasteiger partial charge is 0.223 e. The van der Waals surface area contributed by atoms with Crippen molar-refractivity contribution in [1.82, 2.24) is 20.4 Å². The van der Waals surface area contributed by atoms with Crippen molar-refractivity contribution >= 4 is 47.2 Å². The molecule has 3 rings (SSSR count). The Morgan fingerprint density at radius 1 is 1.28 bits per heavy atom. The van der Waals surface area contributed by atoms with Crippen LogP contribution in [-0.4, -0.2) is 54.2 Å². The van der Waals surface area contributed by atoms with Gasteiger partial charge in [0.25, 0.3) is 0 Å². The molecule has 0 spiro atoms. The topological polar surface area (TPSA) is 69.8 Å². The molecular weight excluding hydrogens is 455 g/mol. The molecule has 25 heavy (non-hydrogen) atoms. The maximum Gasteiger partial charge on any atom is 0.223 e. The minimum atomic E-state index is 0. The third kappa shape index (κ3) is 4.97. The normalized spacial score (nSPS) is 15.1. The molecule has 0 bridgehead atoms. The Morgan fingerprint density at radius 3 is 2.60 bits per heavy atom. The number of nitrogens with one attached hydrogen (secondary N) is 1. The molecule has 2 heterocycles. The van der Waals surface area contributed by atoms with Gasteiger partial charge < -0.3 is 19.6 Å². The molecule has 2 aromatic rings. The summed E-state index contributed by atoms with van der Waals surface area (Å²) < 4.78 is 4.98. The molecule has 0 saturated carbocycles. The van der Waals surface area contributed by atoms with Crippen LogP contribution in [0.4, 0.5) is 5.69 Å². The molecule has 1 saturated heterocycles. The van der Waals surface area contributed by atoms with Crippen molar-refractivity contribution in [2.75, 3.05) is 38.1 Å². The van der Waals surface area contributed by atoms with Gasteiger partial charge in [0.05, 0.1) is 17.3 Å². The number of aryl methyl sites for hydroxylation is 1. The van der Waals surface area contributed by atoms with Crippen LogP contribution < -0.4 is 10.2 Å². The second-order valence-electron chi connectivity index (χ2n) is 5.56. The summed E-state index contributed by atoms with van der Waals surface area (Å²) >= 11 is 6.29. The first-order chi connectivity index (χ1) is 11.7. The number of para-hydroxylation sites is 1. The largest absolute Gasteiger partial charge is 0.367 e. The number of hydrogen-bond donors (Lipinski definition) is 1. The highest BCUT2D eigenvalue weighted by atomic mass is 127. The summed E-state index contributed by atoms with van der Waals surface area (Å²) in [6.07, 6.45) is 0. The van der Waals surface area contributed by atoms with Crippen LogP contribution in [-0.2, 0) is 6.54 Å². The molecule has 1 N–H and O–H groups in total. The second-order valence-corrected chi connectivity index (χ2v) is 5.96. The molecule has 9 heteroatoms. The van der Waals surface area contributed by atoms with Gasteiger partial charge in [0.15, 0.2) is 11.8 Å². The highest BCUT2D eigenvalue weighted by molar-refractivity contribution is 14.0. The van der Waals surface area contributed by atoms with Crippen molar-refractivity contribution in [1.29, 1.82) is 0 Å². The van der Waals surface area contributed by atoms with E-state index in [0.29, 0.717) is 18.3 Å². The lowest BCUT2D eigenvalue weighted by molar-refractivity contribution is 0.369. The van der Waals surface area contributed by atoms with E-state index in [1.54, 1.807) is 14.0 Å². The highest BCUT2D eigenvalue weighted by Gasteiger charge is 2.21. The quantitative estimate of drug-likeness (QED) is 0.417. The summed E-state index contributed by atoms with van der Waals surface area (Å²) in [5.74, 6) is 2.04. The lowest BCUT2D eigenvalue weighted by Crippen LogP contribution is -2.52. The maximum absolute atomic E-state index is 6.29. The van der Waals surface area contributed by atoms with Crippen LogP contribution in [0.3, 0.4) is 0 Å². The van der Waals surface area contributed by atoms with E-state index >= 15 is 0 Å². The monoisotopic (exact) mass is 476 g/mol. The van der Waals surface area contributed by atoms with E-state index in [4.69, 9.17) is 16.1 Å². The van der Waals surface area contributed by atoms with Gasteiger partial charge in [0.2, 0.25) is 5.89 Å². The van der Waals surface area contributed by atoms with Gasteiger partial charge in [-0.25, -0.2) is 0 Å². The fraction of sp³-hybridized carbons (Fsp3) is 0.438. The Labute approximate surface area is 169 Å². The number of nitrogens with zero attached hydrogens (tertiary/aromatic N) is 5. The molecule has 1 aliphatic heterocycles. The van der Waals surface area contributed by atoms with Gasteiger partial charge in [-0.15, -0.1) is 24.0 Å². The fourth-order valence-corrected chi connectivity index (χ4v) is 3.03. The number of rotatable bonds is 3. The van der Waals surface area contributed by atoms with Crippen molar-refractivity contribution in [3.05, 3.63) is 41.0 Å². The molecule has 1 aliphatic rings. The van der Waals surface area contributed by atoms with Crippen molar-refractivity contribution in [2.24, 2.45) is 4.99 Å². The Bertz CT molecular complexity index is 714. The SMILES string of the molecule is CN=C(NCc1noc(C)n1)N1CCN(c2ccccc2Cl)CC1.I. The molecule has 0 radical (unpaired) electrons. The van der Waals surface area contributed by atoms with Crippen molar-refractivity contribution in [3.63, 3.8) is 0 Å². The van der Waals surface area contributed by atoms with Crippen LogP contribution in [0, 0.1) is 6.92 Å². The Balaban J connectivity index is 0.00000225. The Morgan fingerprint density at radius 2 is 2.00 bits per heavy atom. The molecular formula is C16H22ClIN6O. The zero-order valence-corrected chi connectivity index (χ0v) is 17.4. The minimum absolute atomic E-state index is 0.